The van der Waals surface area contributed by atoms with Crippen LogP contribution in [0.1, 0.15) is 15.9 Å². The Morgan fingerprint density at radius 1 is 1.20 bits per heavy atom. The van der Waals surface area contributed by atoms with Gasteiger partial charge in [-0.25, -0.2) is 4.79 Å². The predicted octanol–water partition coefficient (Wildman–Crippen LogP) is 1.89. The third-order valence-electron chi connectivity index (χ3n) is 2.74. The smallest absolute Gasteiger partial charge is 0.339 e. The van der Waals surface area contributed by atoms with Crippen LogP contribution in [0.2, 0.25) is 0 Å². The van der Waals surface area contributed by atoms with Crippen molar-refractivity contribution in [1.82, 2.24) is 0 Å². The molecule has 0 aromatic heterocycles. The molecule has 1 aliphatic rings. The molecule has 0 amide bonds. The average molecular weight is 270 g/mol. The molecule has 0 spiro atoms. The van der Waals surface area contributed by atoms with E-state index in [0.29, 0.717) is 5.56 Å². The van der Waals surface area contributed by atoms with Gasteiger partial charge in [0.2, 0.25) is 0 Å². The van der Waals surface area contributed by atoms with Crippen molar-refractivity contribution < 1.29 is 24.9 Å². The molecule has 100 valence electrons. The third-order valence-corrected chi connectivity index (χ3v) is 2.74. The maximum absolute atomic E-state index is 12.0. The Labute approximate surface area is 114 Å². The molecule has 0 radical (unpaired) electrons. The molecule has 0 aliphatic heterocycles. The lowest BCUT2D eigenvalue weighted by atomic mass is 9.99. The minimum atomic E-state index is -1.28. The Morgan fingerprint density at radius 3 is 2.60 bits per heavy atom. The number of hydrogen-bond donors (Lipinski definition) is 3. The summed E-state index contributed by atoms with van der Waals surface area (Å²) in [5.74, 6) is -2.31. The summed E-state index contributed by atoms with van der Waals surface area (Å²) in [5.41, 5.74) is 5.14. The highest BCUT2D eigenvalue weighted by Gasteiger charge is 2.17. The van der Waals surface area contributed by atoms with E-state index in [2.05, 4.69) is 11.5 Å². The van der Waals surface area contributed by atoms with Crippen LogP contribution in [0, 0.1) is 0 Å². The van der Waals surface area contributed by atoms with Crippen LogP contribution in [0.5, 0.6) is 5.75 Å². The molecule has 1 aliphatic carbocycles. The van der Waals surface area contributed by atoms with Crippen molar-refractivity contribution in [2.75, 3.05) is 0 Å². The van der Waals surface area contributed by atoms with E-state index in [-0.39, 0.29) is 34.8 Å². The van der Waals surface area contributed by atoms with E-state index >= 15 is 0 Å². The Morgan fingerprint density at radius 2 is 1.95 bits per heavy atom. The molecule has 0 saturated heterocycles. The van der Waals surface area contributed by atoms with Gasteiger partial charge >= 0.3 is 5.97 Å². The first-order chi connectivity index (χ1) is 9.49. The number of allylic oxidation sites excluding steroid dienone is 3. The van der Waals surface area contributed by atoms with E-state index in [0.717, 1.165) is 0 Å². The molecule has 0 saturated carbocycles. The number of rotatable bonds is 4. The molecule has 0 unspecified atom stereocenters. The van der Waals surface area contributed by atoms with Crippen LogP contribution in [-0.2, 0) is 11.2 Å². The van der Waals surface area contributed by atoms with Gasteiger partial charge in [-0.05, 0) is 35.6 Å². The average Bonchev–Trinajstić information content (AvgIpc) is 2.41. The number of aromatic carboxylic acids is 1. The quantitative estimate of drug-likeness (QED) is 0.726. The third kappa shape index (κ3) is 2.70. The molecule has 5 heteroatoms. The van der Waals surface area contributed by atoms with Crippen molar-refractivity contribution in [2.45, 2.75) is 6.42 Å². The summed E-state index contributed by atoms with van der Waals surface area (Å²) in [6, 6.07) is 3.90. The standard InChI is InChI=1S/C15H10O5/c16-12-4-2-1-3-10(12)14(18)8-9-5-6-13(17)11(7-9)15(19)20/h1,3,5-7,16-17H,8H2,(H,19,20). The first-order valence-corrected chi connectivity index (χ1v) is 5.68. The minimum Gasteiger partial charge on any atom is -0.507 e. The molecule has 5 nitrogen and oxygen atoms in total. The van der Waals surface area contributed by atoms with Gasteiger partial charge in [0.15, 0.2) is 11.5 Å². The summed E-state index contributed by atoms with van der Waals surface area (Å²) in [6.07, 6.45) is 2.77. The molecule has 1 aromatic carbocycles. The second-order valence-corrected chi connectivity index (χ2v) is 4.12. The van der Waals surface area contributed by atoms with Gasteiger partial charge in [-0.15, -0.1) is 0 Å². The minimum absolute atomic E-state index is 0.0913. The fraction of sp³-hybridized carbons (Fsp3) is 0.0667. The molecule has 0 heterocycles. The zero-order valence-corrected chi connectivity index (χ0v) is 10.3. The number of benzene rings is 1. The van der Waals surface area contributed by atoms with E-state index < -0.39 is 5.97 Å². The van der Waals surface area contributed by atoms with Gasteiger partial charge in [0, 0.05) is 6.42 Å². The van der Waals surface area contributed by atoms with Crippen molar-refractivity contribution in [3.8, 4) is 5.75 Å². The van der Waals surface area contributed by atoms with Gasteiger partial charge < -0.3 is 15.3 Å². The van der Waals surface area contributed by atoms with E-state index in [1.54, 1.807) is 0 Å². The predicted molar refractivity (Wildman–Crippen MR) is 69.6 cm³/mol. The maximum Gasteiger partial charge on any atom is 0.339 e. The molecule has 3 N–H and O–H groups in total. The topological polar surface area (TPSA) is 94.8 Å². The molecular formula is C15H10O5. The summed E-state index contributed by atoms with van der Waals surface area (Å²) >= 11 is 0. The van der Waals surface area contributed by atoms with Crippen molar-refractivity contribution in [3.05, 3.63) is 64.3 Å². The molecular weight excluding hydrogens is 260 g/mol. The zero-order chi connectivity index (χ0) is 14.7. The van der Waals surface area contributed by atoms with Gasteiger partial charge in [-0.2, -0.15) is 0 Å². The largest absolute Gasteiger partial charge is 0.507 e. The van der Waals surface area contributed by atoms with Crippen LogP contribution < -0.4 is 0 Å². The van der Waals surface area contributed by atoms with Crippen LogP contribution >= 0.6 is 0 Å². The summed E-state index contributed by atoms with van der Waals surface area (Å²) in [7, 11) is 0. The SMILES string of the molecule is O=C(Cc1ccc(O)c(C(=O)O)c1)C1=CC=C=C=C1O. The van der Waals surface area contributed by atoms with Crippen molar-refractivity contribution in [2.24, 2.45) is 0 Å². The van der Waals surface area contributed by atoms with Gasteiger partial charge in [0.05, 0.1) is 5.57 Å². The number of carboxylic acids is 1. The molecule has 0 atom stereocenters. The molecule has 0 fully saturated rings. The highest BCUT2D eigenvalue weighted by molar-refractivity contribution is 6.01. The van der Waals surface area contributed by atoms with Crippen molar-refractivity contribution >= 4 is 11.8 Å². The number of carboxylic acid groups (broad SMARTS) is 1. The second-order valence-electron chi connectivity index (χ2n) is 4.12. The highest BCUT2D eigenvalue weighted by Crippen LogP contribution is 2.20. The first-order valence-electron chi connectivity index (χ1n) is 5.68. The number of Topliss-reactive ketones (excluding diaryl/α,β-unsaturated/α-hetero) is 1. The summed E-state index contributed by atoms with van der Waals surface area (Å²) in [4.78, 5) is 22.9. The zero-order valence-electron chi connectivity index (χ0n) is 10.3. The first kappa shape index (κ1) is 13.4. The molecule has 2 rings (SSSR count). The molecule has 0 bridgehead atoms. The van der Waals surface area contributed by atoms with E-state index in [1.165, 1.54) is 30.4 Å². The van der Waals surface area contributed by atoms with Crippen LogP contribution in [-0.4, -0.2) is 27.1 Å². The lowest BCUT2D eigenvalue weighted by Gasteiger charge is -2.06. The number of aliphatic hydroxyl groups excluding tert-OH is 1. The number of carbonyl (C=O) groups excluding carboxylic acids is 1. The van der Waals surface area contributed by atoms with Crippen LogP contribution in [0.3, 0.4) is 0 Å². The Balaban J connectivity index is 2.23. The van der Waals surface area contributed by atoms with Crippen LogP contribution in [0.4, 0.5) is 0 Å². The number of ketones is 1. The van der Waals surface area contributed by atoms with E-state index in [9.17, 15) is 19.8 Å². The van der Waals surface area contributed by atoms with Gasteiger partial charge in [0.25, 0.3) is 0 Å². The Bertz CT molecular complexity index is 727. The van der Waals surface area contributed by atoms with E-state index in [4.69, 9.17) is 5.11 Å². The summed E-state index contributed by atoms with van der Waals surface area (Å²) < 4.78 is 0. The number of aromatic hydroxyl groups is 1. The van der Waals surface area contributed by atoms with Crippen LogP contribution in [0.15, 0.2) is 53.1 Å². The van der Waals surface area contributed by atoms with Crippen LogP contribution in [0.25, 0.3) is 0 Å². The number of phenols is 1. The number of aliphatic hydroxyl groups is 1. The Hall–Kier alpha value is -3.00. The highest BCUT2D eigenvalue weighted by atomic mass is 16.4. The van der Waals surface area contributed by atoms with Gasteiger partial charge in [-0.3, -0.25) is 4.79 Å². The summed E-state index contributed by atoms with van der Waals surface area (Å²) in [5, 5.41) is 27.8. The second kappa shape index (κ2) is 5.33. The normalized spacial score (nSPS) is 12.8. The lowest BCUT2D eigenvalue weighted by Crippen LogP contribution is -2.09. The Kier molecular flexibility index (Phi) is 3.58. The number of hydrogen-bond acceptors (Lipinski definition) is 4. The molecule has 20 heavy (non-hydrogen) atoms. The van der Waals surface area contributed by atoms with E-state index in [1.807, 2.05) is 0 Å². The van der Waals surface area contributed by atoms with Crippen molar-refractivity contribution in [3.63, 3.8) is 0 Å². The van der Waals surface area contributed by atoms with Gasteiger partial charge in [-0.1, -0.05) is 11.8 Å². The lowest BCUT2D eigenvalue weighted by molar-refractivity contribution is -0.115. The monoisotopic (exact) mass is 270 g/mol. The van der Waals surface area contributed by atoms with Gasteiger partial charge in [0.1, 0.15) is 11.3 Å². The molecule has 1 aromatic rings. The maximum atomic E-state index is 12.0. The fourth-order valence-corrected chi connectivity index (χ4v) is 1.75. The number of carbonyl (C=O) groups is 2. The fourth-order valence-electron chi connectivity index (χ4n) is 1.75. The summed E-state index contributed by atoms with van der Waals surface area (Å²) in [6.45, 7) is 0. The van der Waals surface area contributed by atoms with Crippen molar-refractivity contribution in [1.29, 1.82) is 0 Å².